The Labute approximate surface area is 76.5 Å². The van der Waals surface area contributed by atoms with Crippen LogP contribution in [0.1, 0.15) is 12.0 Å². The van der Waals surface area contributed by atoms with Crippen LogP contribution in [-0.4, -0.2) is 11.7 Å². The molecule has 0 aliphatic rings. The van der Waals surface area contributed by atoms with Gasteiger partial charge in [0.25, 0.3) is 0 Å². The first-order valence-corrected chi connectivity index (χ1v) is 4.11. The van der Waals surface area contributed by atoms with Crippen LogP contribution >= 0.6 is 0 Å². The fourth-order valence-electron chi connectivity index (χ4n) is 1.06. The first-order chi connectivity index (χ1) is 6.33. The number of aromatic hydroxyl groups is 1. The lowest BCUT2D eigenvalue weighted by molar-refractivity contribution is 0.475. The third-order valence-electron chi connectivity index (χ3n) is 1.72. The Morgan fingerprint density at radius 1 is 1.31 bits per heavy atom. The van der Waals surface area contributed by atoms with E-state index in [1.807, 2.05) is 12.1 Å². The average Bonchev–Trinajstić information content (AvgIpc) is 2.15. The highest BCUT2D eigenvalue weighted by Crippen LogP contribution is 2.10. The largest absolute Gasteiger partial charge is 0.508 e. The van der Waals surface area contributed by atoms with E-state index in [-0.39, 0.29) is 5.75 Å². The van der Waals surface area contributed by atoms with Gasteiger partial charge in [0.15, 0.2) is 0 Å². The zero-order valence-corrected chi connectivity index (χ0v) is 7.22. The molecule has 1 aromatic carbocycles. The third-order valence-corrected chi connectivity index (χ3v) is 1.72. The zero-order chi connectivity index (χ0) is 9.52. The summed E-state index contributed by atoms with van der Waals surface area (Å²) in [5.41, 5.74) is 9.17. The van der Waals surface area contributed by atoms with Gasteiger partial charge >= 0.3 is 0 Å². The summed E-state index contributed by atoms with van der Waals surface area (Å²) in [6.45, 7) is 0.525. The van der Waals surface area contributed by atoms with E-state index in [4.69, 9.17) is 10.6 Å². The van der Waals surface area contributed by atoms with Gasteiger partial charge in [-0.1, -0.05) is 17.2 Å². The Bertz CT molecular complexity index is 301. The molecule has 13 heavy (non-hydrogen) atoms. The molecule has 0 amide bonds. The molecule has 68 valence electrons. The van der Waals surface area contributed by atoms with Crippen molar-refractivity contribution in [1.82, 2.24) is 0 Å². The number of nitrogens with zero attached hydrogens (tertiary/aromatic N) is 3. The molecule has 0 atom stereocenters. The molecule has 0 heterocycles. The van der Waals surface area contributed by atoms with Crippen molar-refractivity contribution in [2.75, 3.05) is 6.54 Å². The first-order valence-electron chi connectivity index (χ1n) is 4.11. The fraction of sp³-hybridized carbons (Fsp3) is 0.333. The second-order valence-electron chi connectivity index (χ2n) is 2.72. The molecule has 1 N–H and O–H groups in total. The Morgan fingerprint density at radius 2 is 2.00 bits per heavy atom. The normalized spacial score (nSPS) is 9.23. The molecule has 0 spiro atoms. The Morgan fingerprint density at radius 3 is 2.62 bits per heavy atom. The molecule has 0 saturated heterocycles. The van der Waals surface area contributed by atoms with Gasteiger partial charge in [0.1, 0.15) is 5.75 Å². The minimum atomic E-state index is 0.277. The smallest absolute Gasteiger partial charge is 0.115 e. The number of hydrogen-bond donors (Lipinski definition) is 1. The first kappa shape index (κ1) is 9.42. The van der Waals surface area contributed by atoms with Gasteiger partial charge in [-0.3, -0.25) is 0 Å². The summed E-state index contributed by atoms with van der Waals surface area (Å²) in [7, 11) is 0. The third kappa shape index (κ3) is 3.49. The van der Waals surface area contributed by atoms with Crippen molar-refractivity contribution in [3.8, 4) is 5.75 Å². The highest BCUT2D eigenvalue weighted by atomic mass is 16.3. The SMILES string of the molecule is [N-]=[N+]=NCCCc1ccc(O)cc1. The van der Waals surface area contributed by atoms with Crippen molar-refractivity contribution in [1.29, 1.82) is 0 Å². The Kier molecular flexibility index (Phi) is 3.67. The van der Waals surface area contributed by atoms with Crippen molar-refractivity contribution in [2.24, 2.45) is 5.11 Å². The lowest BCUT2D eigenvalue weighted by Crippen LogP contribution is -1.86. The molecule has 4 nitrogen and oxygen atoms in total. The maximum Gasteiger partial charge on any atom is 0.115 e. The van der Waals surface area contributed by atoms with E-state index in [9.17, 15) is 0 Å². The molecule has 0 aliphatic carbocycles. The van der Waals surface area contributed by atoms with Crippen molar-refractivity contribution >= 4 is 0 Å². The topological polar surface area (TPSA) is 69.0 Å². The lowest BCUT2D eigenvalue weighted by Gasteiger charge is -1.98. The molecule has 0 radical (unpaired) electrons. The molecule has 0 fully saturated rings. The number of phenols is 1. The Balaban J connectivity index is 2.37. The molecular formula is C9H11N3O. The van der Waals surface area contributed by atoms with Crippen LogP contribution < -0.4 is 0 Å². The van der Waals surface area contributed by atoms with E-state index >= 15 is 0 Å². The van der Waals surface area contributed by atoms with Gasteiger partial charge in [0.2, 0.25) is 0 Å². The van der Waals surface area contributed by atoms with Crippen LogP contribution in [0.15, 0.2) is 29.4 Å². The highest BCUT2D eigenvalue weighted by Gasteiger charge is 1.92. The molecule has 0 aromatic heterocycles. The van der Waals surface area contributed by atoms with Gasteiger partial charge < -0.3 is 5.11 Å². The zero-order valence-electron chi connectivity index (χ0n) is 7.22. The summed E-state index contributed by atoms with van der Waals surface area (Å²) in [6.07, 6.45) is 1.72. The van der Waals surface area contributed by atoms with E-state index in [1.54, 1.807) is 12.1 Å². The number of benzene rings is 1. The minimum Gasteiger partial charge on any atom is -0.508 e. The van der Waals surface area contributed by atoms with Crippen molar-refractivity contribution in [2.45, 2.75) is 12.8 Å². The van der Waals surface area contributed by atoms with Crippen LogP contribution in [0.3, 0.4) is 0 Å². The van der Waals surface area contributed by atoms with Gasteiger partial charge in [-0.25, -0.2) is 0 Å². The van der Waals surface area contributed by atoms with Gasteiger partial charge in [-0.15, -0.1) is 0 Å². The molecule has 0 bridgehead atoms. The van der Waals surface area contributed by atoms with E-state index in [0.717, 1.165) is 18.4 Å². The summed E-state index contributed by atoms with van der Waals surface area (Å²) in [5.74, 6) is 0.277. The van der Waals surface area contributed by atoms with E-state index in [2.05, 4.69) is 10.0 Å². The average molecular weight is 177 g/mol. The molecule has 4 heteroatoms. The number of aryl methyl sites for hydroxylation is 1. The predicted molar refractivity (Wildman–Crippen MR) is 50.4 cm³/mol. The summed E-state index contributed by atoms with van der Waals surface area (Å²) < 4.78 is 0. The summed E-state index contributed by atoms with van der Waals surface area (Å²) in [6, 6.07) is 7.04. The molecule has 0 saturated carbocycles. The maximum atomic E-state index is 9.00. The maximum absolute atomic E-state index is 9.00. The second kappa shape index (κ2) is 5.06. The van der Waals surface area contributed by atoms with E-state index in [1.165, 1.54) is 0 Å². The number of hydrogen-bond acceptors (Lipinski definition) is 2. The quantitative estimate of drug-likeness (QED) is 0.326. The van der Waals surface area contributed by atoms with Gasteiger partial charge in [0, 0.05) is 11.5 Å². The van der Waals surface area contributed by atoms with Gasteiger partial charge in [0.05, 0.1) is 0 Å². The number of phenolic OH excluding ortho intramolecular Hbond substituents is 1. The monoisotopic (exact) mass is 177 g/mol. The van der Waals surface area contributed by atoms with Crippen LogP contribution in [0.4, 0.5) is 0 Å². The molecule has 1 aromatic rings. The van der Waals surface area contributed by atoms with E-state index < -0.39 is 0 Å². The van der Waals surface area contributed by atoms with Crippen LogP contribution in [0.2, 0.25) is 0 Å². The van der Waals surface area contributed by atoms with Crippen molar-refractivity contribution in [3.05, 3.63) is 40.3 Å². The lowest BCUT2D eigenvalue weighted by atomic mass is 10.1. The fourth-order valence-corrected chi connectivity index (χ4v) is 1.06. The van der Waals surface area contributed by atoms with Gasteiger partial charge in [-0.05, 0) is 36.1 Å². The van der Waals surface area contributed by atoms with Crippen molar-refractivity contribution in [3.63, 3.8) is 0 Å². The second-order valence-corrected chi connectivity index (χ2v) is 2.72. The minimum absolute atomic E-state index is 0.277. The Hall–Kier alpha value is -1.67. The highest BCUT2D eigenvalue weighted by molar-refractivity contribution is 5.25. The van der Waals surface area contributed by atoms with E-state index in [0.29, 0.717) is 6.54 Å². The van der Waals surface area contributed by atoms with Crippen LogP contribution in [0, 0.1) is 0 Å². The van der Waals surface area contributed by atoms with Gasteiger partial charge in [-0.2, -0.15) is 0 Å². The molecule has 1 rings (SSSR count). The molecule has 0 unspecified atom stereocenters. The van der Waals surface area contributed by atoms with Crippen LogP contribution in [0.25, 0.3) is 10.4 Å². The molecular weight excluding hydrogens is 166 g/mol. The molecule has 0 aliphatic heterocycles. The summed E-state index contributed by atoms with van der Waals surface area (Å²) in [4.78, 5) is 2.67. The van der Waals surface area contributed by atoms with Crippen LogP contribution in [0.5, 0.6) is 5.75 Å². The summed E-state index contributed by atoms with van der Waals surface area (Å²) >= 11 is 0. The van der Waals surface area contributed by atoms with Crippen molar-refractivity contribution < 1.29 is 5.11 Å². The number of azide groups is 1. The summed E-state index contributed by atoms with van der Waals surface area (Å²) in [5, 5.41) is 12.4. The standard InChI is InChI=1S/C9H11N3O/c10-12-11-7-1-2-8-3-5-9(13)6-4-8/h3-6,13H,1-2,7H2. The number of rotatable bonds is 4. The van der Waals surface area contributed by atoms with Crippen LogP contribution in [-0.2, 0) is 6.42 Å². The predicted octanol–water partition coefficient (Wildman–Crippen LogP) is 2.64.